The Morgan fingerprint density at radius 3 is 2.36 bits per heavy atom. The average Bonchev–Trinajstić information content (AvgIpc) is 2.65. The zero-order valence-electron chi connectivity index (χ0n) is 14.2. The van der Waals surface area contributed by atoms with Crippen molar-refractivity contribution in [3.05, 3.63) is 84.4 Å². The molecule has 1 N–H and O–H groups in total. The van der Waals surface area contributed by atoms with Crippen molar-refractivity contribution in [2.45, 2.75) is 13.3 Å². The van der Waals surface area contributed by atoms with Crippen molar-refractivity contribution in [2.24, 2.45) is 0 Å². The summed E-state index contributed by atoms with van der Waals surface area (Å²) in [5.74, 6) is 0.740. The number of carbonyl (C=O) groups excluding carboxylic acids is 1. The van der Waals surface area contributed by atoms with Gasteiger partial charge in [-0.3, -0.25) is 4.79 Å². The molecule has 0 unspecified atom stereocenters. The monoisotopic (exact) mass is 331 g/mol. The Balaban J connectivity index is 1.60. The van der Waals surface area contributed by atoms with Crippen LogP contribution in [0.2, 0.25) is 0 Å². The number of amides is 1. The van der Waals surface area contributed by atoms with E-state index < -0.39 is 0 Å². The number of carbonyl (C=O) groups is 1. The summed E-state index contributed by atoms with van der Waals surface area (Å²) in [6.45, 7) is 2.31. The lowest BCUT2D eigenvalue weighted by Crippen LogP contribution is -2.15. The van der Waals surface area contributed by atoms with Crippen LogP contribution in [0.5, 0.6) is 5.75 Å². The SMILES string of the molecule is Cc1ccccc1NC(=O)CCOc1ccccc1-c1ccccc1. The van der Waals surface area contributed by atoms with Crippen LogP contribution >= 0.6 is 0 Å². The molecule has 0 radical (unpaired) electrons. The van der Waals surface area contributed by atoms with Crippen LogP contribution in [-0.2, 0) is 4.79 Å². The van der Waals surface area contributed by atoms with Gasteiger partial charge in [0, 0.05) is 11.3 Å². The highest BCUT2D eigenvalue weighted by Crippen LogP contribution is 2.29. The van der Waals surface area contributed by atoms with Crippen molar-refractivity contribution in [3.63, 3.8) is 0 Å². The Kier molecular flexibility index (Phi) is 5.47. The van der Waals surface area contributed by atoms with Crippen LogP contribution in [0.1, 0.15) is 12.0 Å². The number of rotatable bonds is 6. The first-order valence-electron chi connectivity index (χ1n) is 8.37. The number of hydrogen-bond acceptors (Lipinski definition) is 2. The number of nitrogens with one attached hydrogen (secondary N) is 1. The van der Waals surface area contributed by atoms with Crippen LogP contribution in [-0.4, -0.2) is 12.5 Å². The third-order valence-corrected chi connectivity index (χ3v) is 3.98. The quantitative estimate of drug-likeness (QED) is 0.685. The maximum Gasteiger partial charge on any atom is 0.227 e. The van der Waals surface area contributed by atoms with Crippen LogP contribution in [0.15, 0.2) is 78.9 Å². The molecule has 3 rings (SSSR count). The fourth-order valence-corrected chi connectivity index (χ4v) is 2.63. The molecule has 3 nitrogen and oxygen atoms in total. The Hall–Kier alpha value is -3.07. The van der Waals surface area contributed by atoms with E-state index in [0.717, 1.165) is 28.1 Å². The summed E-state index contributed by atoms with van der Waals surface area (Å²) in [5, 5.41) is 2.92. The van der Waals surface area contributed by atoms with E-state index in [9.17, 15) is 4.79 Å². The van der Waals surface area contributed by atoms with E-state index in [1.54, 1.807) is 0 Å². The molecule has 3 aromatic carbocycles. The molecule has 0 saturated carbocycles. The molecule has 25 heavy (non-hydrogen) atoms. The third kappa shape index (κ3) is 4.48. The molecule has 0 atom stereocenters. The summed E-state index contributed by atoms with van der Waals surface area (Å²) in [5.41, 5.74) is 4.02. The number of anilines is 1. The second kappa shape index (κ2) is 8.15. The molecule has 126 valence electrons. The first-order chi connectivity index (χ1) is 12.2. The normalized spacial score (nSPS) is 10.3. The molecule has 0 aromatic heterocycles. The lowest BCUT2D eigenvalue weighted by molar-refractivity contribution is -0.116. The van der Waals surface area contributed by atoms with Gasteiger partial charge in [0.05, 0.1) is 13.0 Å². The second-order valence-electron chi connectivity index (χ2n) is 5.82. The summed E-state index contributed by atoms with van der Waals surface area (Å²) < 4.78 is 5.87. The Bertz CT molecular complexity index is 843. The van der Waals surface area contributed by atoms with Gasteiger partial charge in [-0.25, -0.2) is 0 Å². The molecule has 0 aliphatic heterocycles. The highest BCUT2D eigenvalue weighted by Gasteiger charge is 2.08. The molecular formula is C22H21NO2. The number of aryl methyl sites for hydroxylation is 1. The molecule has 0 heterocycles. The lowest BCUT2D eigenvalue weighted by Gasteiger charge is -2.12. The van der Waals surface area contributed by atoms with E-state index in [-0.39, 0.29) is 5.91 Å². The molecule has 1 amide bonds. The highest BCUT2D eigenvalue weighted by atomic mass is 16.5. The smallest absolute Gasteiger partial charge is 0.227 e. The zero-order valence-corrected chi connectivity index (χ0v) is 14.2. The summed E-state index contributed by atoms with van der Waals surface area (Å²) in [4.78, 5) is 12.1. The Labute approximate surface area is 148 Å². The molecule has 0 saturated heterocycles. The van der Waals surface area contributed by atoms with Crippen molar-refractivity contribution in [2.75, 3.05) is 11.9 Å². The summed E-state index contributed by atoms with van der Waals surface area (Å²) in [7, 11) is 0. The molecule has 0 aliphatic rings. The van der Waals surface area contributed by atoms with E-state index in [4.69, 9.17) is 4.74 Å². The van der Waals surface area contributed by atoms with Crippen molar-refractivity contribution in [1.82, 2.24) is 0 Å². The maximum absolute atomic E-state index is 12.1. The van der Waals surface area contributed by atoms with Gasteiger partial charge in [-0.15, -0.1) is 0 Å². The van der Waals surface area contributed by atoms with Gasteiger partial charge in [-0.2, -0.15) is 0 Å². The van der Waals surface area contributed by atoms with Crippen molar-refractivity contribution in [3.8, 4) is 16.9 Å². The summed E-state index contributed by atoms with van der Waals surface area (Å²) in [6, 6.07) is 25.7. The third-order valence-electron chi connectivity index (χ3n) is 3.98. The van der Waals surface area contributed by atoms with E-state index >= 15 is 0 Å². The average molecular weight is 331 g/mol. The predicted molar refractivity (Wildman–Crippen MR) is 102 cm³/mol. The van der Waals surface area contributed by atoms with Gasteiger partial charge in [0.25, 0.3) is 0 Å². The van der Waals surface area contributed by atoms with Crippen LogP contribution in [0.4, 0.5) is 5.69 Å². The number of ether oxygens (including phenoxy) is 1. The minimum atomic E-state index is -0.0495. The van der Waals surface area contributed by atoms with E-state index in [2.05, 4.69) is 5.32 Å². The van der Waals surface area contributed by atoms with Gasteiger partial charge in [-0.05, 0) is 30.2 Å². The fourth-order valence-electron chi connectivity index (χ4n) is 2.63. The van der Waals surface area contributed by atoms with Crippen LogP contribution in [0.3, 0.4) is 0 Å². The Morgan fingerprint density at radius 1 is 0.880 bits per heavy atom. The largest absolute Gasteiger partial charge is 0.492 e. The van der Waals surface area contributed by atoms with Gasteiger partial charge in [0.1, 0.15) is 5.75 Å². The van der Waals surface area contributed by atoms with Crippen LogP contribution < -0.4 is 10.1 Å². The van der Waals surface area contributed by atoms with E-state index in [0.29, 0.717) is 13.0 Å². The first kappa shape index (κ1) is 16.8. The Morgan fingerprint density at radius 2 is 1.56 bits per heavy atom. The van der Waals surface area contributed by atoms with E-state index in [1.807, 2.05) is 85.8 Å². The van der Waals surface area contributed by atoms with Gasteiger partial charge in [-0.1, -0.05) is 66.7 Å². The molecule has 0 spiro atoms. The number of para-hydroxylation sites is 2. The number of hydrogen-bond donors (Lipinski definition) is 1. The molecule has 3 heteroatoms. The minimum absolute atomic E-state index is 0.0495. The minimum Gasteiger partial charge on any atom is -0.492 e. The van der Waals surface area contributed by atoms with Crippen LogP contribution in [0.25, 0.3) is 11.1 Å². The predicted octanol–water partition coefficient (Wildman–Crippen LogP) is 5.07. The maximum atomic E-state index is 12.1. The molecular weight excluding hydrogens is 310 g/mol. The summed E-state index contributed by atoms with van der Waals surface area (Å²) >= 11 is 0. The van der Waals surface area contributed by atoms with Crippen molar-refractivity contribution in [1.29, 1.82) is 0 Å². The van der Waals surface area contributed by atoms with Gasteiger partial charge in [0.2, 0.25) is 5.91 Å². The van der Waals surface area contributed by atoms with Gasteiger partial charge >= 0.3 is 0 Å². The van der Waals surface area contributed by atoms with Gasteiger partial charge in [0.15, 0.2) is 0 Å². The molecule has 0 bridgehead atoms. The second-order valence-corrected chi connectivity index (χ2v) is 5.82. The fraction of sp³-hybridized carbons (Fsp3) is 0.136. The van der Waals surface area contributed by atoms with Crippen molar-refractivity contribution < 1.29 is 9.53 Å². The van der Waals surface area contributed by atoms with Crippen LogP contribution in [0, 0.1) is 6.92 Å². The first-order valence-corrected chi connectivity index (χ1v) is 8.37. The lowest BCUT2D eigenvalue weighted by atomic mass is 10.1. The topological polar surface area (TPSA) is 38.3 Å². The van der Waals surface area contributed by atoms with Gasteiger partial charge < -0.3 is 10.1 Å². The summed E-state index contributed by atoms with van der Waals surface area (Å²) in [6.07, 6.45) is 0.303. The van der Waals surface area contributed by atoms with Crippen molar-refractivity contribution >= 4 is 11.6 Å². The molecule has 3 aromatic rings. The van der Waals surface area contributed by atoms with E-state index in [1.165, 1.54) is 0 Å². The zero-order chi connectivity index (χ0) is 17.5. The number of benzene rings is 3. The standard InChI is InChI=1S/C22H21NO2/c1-17-9-5-7-13-20(17)23-22(24)15-16-25-21-14-8-6-12-19(21)18-10-3-2-4-11-18/h2-14H,15-16H2,1H3,(H,23,24). The highest BCUT2D eigenvalue weighted by molar-refractivity contribution is 5.91. The molecule has 0 aliphatic carbocycles. The molecule has 0 fully saturated rings.